The molecular weight excluding hydrogens is 318 g/mol. The van der Waals surface area contributed by atoms with E-state index < -0.39 is 0 Å². The van der Waals surface area contributed by atoms with Crippen LogP contribution in [0.5, 0.6) is 0 Å². The molecule has 0 radical (unpaired) electrons. The van der Waals surface area contributed by atoms with Crippen molar-refractivity contribution < 1.29 is 4.79 Å². The first-order valence-electron chi connectivity index (χ1n) is 5.51. The van der Waals surface area contributed by atoms with Crippen LogP contribution in [0.3, 0.4) is 0 Å². The van der Waals surface area contributed by atoms with Gasteiger partial charge in [-0.2, -0.15) is 0 Å². The Morgan fingerprint density at radius 1 is 1.50 bits per heavy atom. The Morgan fingerprint density at radius 3 is 2.94 bits per heavy atom. The molecule has 0 unspecified atom stereocenters. The van der Waals surface area contributed by atoms with Gasteiger partial charge in [0, 0.05) is 16.6 Å². The second-order valence-electron chi connectivity index (χ2n) is 3.80. The van der Waals surface area contributed by atoms with Crippen LogP contribution in [-0.4, -0.2) is 20.8 Å². The van der Waals surface area contributed by atoms with Crippen molar-refractivity contribution in [1.29, 1.82) is 0 Å². The first kappa shape index (κ1) is 13.2. The van der Waals surface area contributed by atoms with Crippen molar-refractivity contribution in [2.75, 3.05) is 0 Å². The van der Waals surface area contributed by atoms with E-state index in [9.17, 15) is 4.79 Å². The quantitative estimate of drug-likeness (QED) is 0.809. The number of rotatable bonds is 4. The summed E-state index contributed by atoms with van der Waals surface area (Å²) in [7, 11) is 0. The van der Waals surface area contributed by atoms with E-state index >= 15 is 0 Å². The number of hydrogen-bond acceptors (Lipinski definition) is 3. The molecule has 18 heavy (non-hydrogen) atoms. The van der Waals surface area contributed by atoms with E-state index in [1.165, 1.54) is 6.20 Å². The maximum atomic E-state index is 12.3. The molecule has 1 aromatic carbocycles. The van der Waals surface area contributed by atoms with E-state index in [2.05, 4.69) is 26.2 Å². The lowest BCUT2D eigenvalue weighted by atomic mass is 10.1. The van der Waals surface area contributed by atoms with E-state index in [-0.39, 0.29) is 5.78 Å². The third kappa shape index (κ3) is 2.62. The first-order chi connectivity index (χ1) is 8.63. The van der Waals surface area contributed by atoms with E-state index in [1.807, 2.05) is 6.92 Å². The van der Waals surface area contributed by atoms with Crippen LogP contribution >= 0.6 is 27.5 Å². The summed E-state index contributed by atoms with van der Waals surface area (Å²) in [4.78, 5) is 12.3. The van der Waals surface area contributed by atoms with Crippen molar-refractivity contribution in [3.05, 3.63) is 45.1 Å². The number of nitrogens with zero attached hydrogens (tertiary/aromatic N) is 3. The fraction of sp³-hybridized carbons (Fsp3) is 0.250. The third-order valence-corrected chi connectivity index (χ3v) is 3.68. The van der Waals surface area contributed by atoms with Crippen LogP contribution in [0.2, 0.25) is 5.02 Å². The number of carbonyl (C=O) groups excluding carboxylic acids is 1. The minimum absolute atomic E-state index is 0.106. The van der Waals surface area contributed by atoms with Crippen LogP contribution < -0.4 is 0 Å². The van der Waals surface area contributed by atoms with Gasteiger partial charge in [-0.05, 0) is 40.5 Å². The molecule has 2 aromatic rings. The predicted octanol–water partition coefficient (Wildman–Crippen LogP) is 3.34. The molecule has 94 valence electrons. The maximum Gasteiger partial charge on any atom is 0.212 e. The third-order valence-electron chi connectivity index (χ3n) is 2.47. The normalized spacial score (nSPS) is 10.6. The van der Waals surface area contributed by atoms with E-state index in [0.717, 1.165) is 6.42 Å². The molecule has 0 saturated heterocycles. The molecule has 0 spiro atoms. The summed E-state index contributed by atoms with van der Waals surface area (Å²) in [6, 6.07) is 5.08. The van der Waals surface area contributed by atoms with Crippen LogP contribution in [-0.2, 0) is 6.54 Å². The van der Waals surface area contributed by atoms with Gasteiger partial charge >= 0.3 is 0 Å². The summed E-state index contributed by atoms with van der Waals surface area (Å²) < 4.78 is 2.31. The van der Waals surface area contributed by atoms with Gasteiger partial charge in [0.25, 0.3) is 0 Å². The number of hydrogen-bond donors (Lipinski definition) is 0. The van der Waals surface area contributed by atoms with Gasteiger partial charge < -0.3 is 0 Å². The lowest BCUT2D eigenvalue weighted by Crippen LogP contribution is -2.11. The van der Waals surface area contributed by atoms with Gasteiger partial charge in [0.05, 0.1) is 11.2 Å². The van der Waals surface area contributed by atoms with Gasteiger partial charge in [-0.15, -0.1) is 5.10 Å². The minimum Gasteiger partial charge on any atom is -0.287 e. The highest BCUT2D eigenvalue weighted by Crippen LogP contribution is 2.24. The Kier molecular flexibility index (Phi) is 4.14. The molecule has 0 fully saturated rings. The van der Waals surface area contributed by atoms with Crippen molar-refractivity contribution in [1.82, 2.24) is 15.0 Å². The average Bonchev–Trinajstić information content (AvgIpc) is 2.80. The number of carbonyl (C=O) groups is 1. The maximum absolute atomic E-state index is 12.3. The fourth-order valence-corrected chi connectivity index (χ4v) is 2.09. The van der Waals surface area contributed by atoms with Crippen molar-refractivity contribution in [3.8, 4) is 0 Å². The molecule has 1 heterocycles. The first-order valence-corrected chi connectivity index (χ1v) is 6.68. The molecule has 0 aliphatic heterocycles. The monoisotopic (exact) mass is 327 g/mol. The van der Waals surface area contributed by atoms with Gasteiger partial charge in [-0.3, -0.25) is 4.79 Å². The summed E-state index contributed by atoms with van der Waals surface area (Å²) in [6.07, 6.45) is 2.38. The summed E-state index contributed by atoms with van der Waals surface area (Å²) in [5.74, 6) is -0.106. The van der Waals surface area contributed by atoms with Crippen LogP contribution in [0, 0.1) is 0 Å². The molecule has 0 bridgehead atoms. The molecule has 6 heteroatoms. The van der Waals surface area contributed by atoms with E-state index in [1.54, 1.807) is 22.9 Å². The Hall–Kier alpha value is -1.20. The largest absolute Gasteiger partial charge is 0.287 e. The molecule has 2 rings (SSSR count). The van der Waals surface area contributed by atoms with Gasteiger partial charge in [0.2, 0.25) is 5.78 Å². The lowest BCUT2D eigenvalue weighted by Gasteiger charge is -2.05. The molecule has 0 N–H and O–H groups in total. The van der Waals surface area contributed by atoms with Gasteiger partial charge in [0.15, 0.2) is 0 Å². The average molecular weight is 329 g/mol. The highest BCUT2D eigenvalue weighted by molar-refractivity contribution is 9.10. The molecule has 4 nitrogen and oxygen atoms in total. The van der Waals surface area contributed by atoms with Crippen molar-refractivity contribution >= 4 is 33.3 Å². The highest BCUT2D eigenvalue weighted by atomic mass is 79.9. The number of aryl methyl sites for hydroxylation is 1. The summed E-state index contributed by atoms with van der Waals surface area (Å²) in [6.45, 7) is 2.70. The second-order valence-corrected chi connectivity index (χ2v) is 5.06. The molecule has 0 aliphatic carbocycles. The molecule has 0 aliphatic rings. The SMILES string of the molecule is CCCn1nncc1C(=O)c1ccc(Cl)c(Br)c1. The Morgan fingerprint density at radius 2 is 2.28 bits per heavy atom. The van der Waals surface area contributed by atoms with Crippen LogP contribution in [0.25, 0.3) is 0 Å². The number of benzene rings is 1. The molecule has 0 saturated carbocycles. The predicted molar refractivity (Wildman–Crippen MR) is 72.9 cm³/mol. The Bertz CT molecular complexity index is 582. The summed E-state index contributed by atoms with van der Waals surface area (Å²) >= 11 is 9.21. The smallest absolute Gasteiger partial charge is 0.212 e. The number of aromatic nitrogens is 3. The van der Waals surface area contributed by atoms with Gasteiger partial charge in [-0.25, -0.2) is 4.68 Å². The van der Waals surface area contributed by atoms with Gasteiger partial charge in [0.1, 0.15) is 5.69 Å². The fourth-order valence-electron chi connectivity index (χ4n) is 1.60. The van der Waals surface area contributed by atoms with Gasteiger partial charge in [-0.1, -0.05) is 23.7 Å². The summed E-state index contributed by atoms with van der Waals surface area (Å²) in [5, 5.41) is 8.26. The van der Waals surface area contributed by atoms with E-state index in [4.69, 9.17) is 11.6 Å². The number of halogens is 2. The standard InChI is InChI=1S/C12H11BrClN3O/c1-2-5-17-11(7-15-16-17)12(18)8-3-4-10(14)9(13)6-8/h3-4,6-7H,2,5H2,1H3. The number of ketones is 1. The topological polar surface area (TPSA) is 47.8 Å². The molecule has 0 amide bonds. The zero-order valence-electron chi connectivity index (χ0n) is 9.73. The van der Waals surface area contributed by atoms with Crippen LogP contribution in [0.4, 0.5) is 0 Å². The van der Waals surface area contributed by atoms with Crippen LogP contribution in [0.15, 0.2) is 28.9 Å². The Labute approximate surface area is 118 Å². The zero-order valence-corrected chi connectivity index (χ0v) is 12.1. The molecule has 0 atom stereocenters. The summed E-state index contributed by atoms with van der Waals surface area (Å²) in [5.41, 5.74) is 1.05. The second kappa shape index (κ2) is 5.63. The van der Waals surface area contributed by atoms with Crippen molar-refractivity contribution in [3.63, 3.8) is 0 Å². The van der Waals surface area contributed by atoms with E-state index in [0.29, 0.717) is 27.3 Å². The van der Waals surface area contributed by atoms with Crippen molar-refractivity contribution in [2.24, 2.45) is 0 Å². The molecule has 1 aromatic heterocycles. The molecular formula is C12H11BrClN3O. The minimum atomic E-state index is -0.106. The highest BCUT2D eigenvalue weighted by Gasteiger charge is 2.15. The zero-order chi connectivity index (χ0) is 13.1. The van der Waals surface area contributed by atoms with Crippen molar-refractivity contribution in [2.45, 2.75) is 19.9 Å². The lowest BCUT2D eigenvalue weighted by molar-refractivity contribution is 0.102. The Balaban J connectivity index is 2.35. The van der Waals surface area contributed by atoms with Crippen LogP contribution in [0.1, 0.15) is 29.4 Å².